The summed E-state index contributed by atoms with van der Waals surface area (Å²) in [6, 6.07) is 18.5. The lowest BCUT2D eigenvalue weighted by molar-refractivity contribution is 0.563. The third-order valence-electron chi connectivity index (χ3n) is 5.61. The first kappa shape index (κ1) is 18.8. The van der Waals surface area contributed by atoms with Crippen LogP contribution in [0.3, 0.4) is 0 Å². The van der Waals surface area contributed by atoms with E-state index >= 15 is 0 Å². The number of benzene rings is 3. The molecule has 30 heavy (non-hydrogen) atoms. The van der Waals surface area contributed by atoms with Gasteiger partial charge in [-0.05, 0) is 50.4 Å². The van der Waals surface area contributed by atoms with Crippen molar-refractivity contribution in [2.75, 3.05) is 18.0 Å². The molecule has 3 aromatic carbocycles. The molecular weight excluding hydrogens is 392 g/mol. The molecule has 0 radical (unpaired) electrons. The average molecular weight is 415 g/mol. The van der Waals surface area contributed by atoms with E-state index in [0.717, 1.165) is 45.2 Å². The van der Waals surface area contributed by atoms with Crippen LogP contribution in [0.25, 0.3) is 42.5 Å². The van der Waals surface area contributed by atoms with Gasteiger partial charge in [0.2, 0.25) is 0 Å². The third kappa shape index (κ3) is 3.06. The predicted octanol–water partition coefficient (Wildman–Crippen LogP) is 6.38. The SMILES string of the molecule is CCN(CC)c1ccc2cc(-c3nc4c(ccc5cc(C)ccc54)s3)c(=O)oc2c1. The molecule has 0 saturated carbocycles. The van der Waals surface area contributed by atoms with Gasteiger partial charge < -0.3 is 9.32 Å². The molecule has 0 fully saturated rings. The van der Waals surface area contributed by atoms with Crippen molar-refractivity contribution in [3.8, 4) is 10.6 Å². The second-order valence-electron chi connectivity index (χ2n) is 7.50. The van der Waals surface area contributed by atoms with Gasteiger partial charge in [-0.25, -0.2) is 9.78 Å². The summed E-state index contributed by atoms with van der Waals surface area (Å²) in [4.78, 5) is 19.9. The fraction of sp³-hybridized carbons (Fsp3) is 0.200. The van der Waals surface area contributed by atoms with Crippen LogP contribution in [0.15, 0.2) is 63.8 Å². The molecule has 150 valence electrons. The highest BCUT2D eigenvalue weighted by atomic mass is 32.1. The van der Waals surface area contributed by atoms with Gasteiger partial charge in [0, 0.05) is 35.6 Å². The topological polar surface area (TPSA) is 46.3 Å². The van der Waals surface area contributed by atoms with Crippen molar-refractivity contribution in [1.82, 2.24) is 4.98 Å². The van der Waals surface area contributed by atoms with Crippen LogP contribution in [0.5, 0.6) is 0 Å². The van der Waals surface area contributed by atoms with Crippen LogP contribution in [0.2, 0.25) is 0 Å². The molecule has 5 heteroatoms. The van der Waals surface area contributed by atoms with Crippen LogP contribution in [0.4, 0.5) is 5.69 Å². The Balaban J connectivity index is 1.66. The number of rotatable bonds is 4. The molecular formula is C25H22N2O2S. The van der Waals surface area contributed by atoms with Gasteiger partial charge in [-0.15, -0.1) is 11.3 Å². The fourth-order valence-electron chi connectivity index (χ4n) is 3.99. The summed E-state index contributed by atoms with van der Waals surface area (Å²) < 4.78 is 6.78. The van der Waals surface area contributed by atoms with Gasteiger partial charge in [0.25, 0.3) is 0 Å². The molecule has 0 bridgehead atoms. The monoisotopic (exact) mass is 414 g/mol. The number of fused-ring (bicyclic) bond motifs is 4. The standard InChI is InChI=1S/C25H22N2O2S/c1-4-27(5-2)18-9-7-17-13-20(25(28)29-21(17)14-18)24-26-23-19-10-6-15(3)12-16(19)8-11-22(23)30-24/h6-14H,4-5H2,1-3H3. The summed E-state index contributed by atoms with van der Waals surface area (Å²) in [7, 11) is 0. The van der Waals surface area contributed by atoms with E-state index < -0.39 is 0 Å². The summed E-state index contributed by atoms with van der Waals surface area (Å²) in [5.74, 6) is 0. The van der Waals surface area contributed by atoms with Gasteiger partial charge in [-0.2, -0.15) is 0 Å². The van der Waals surface area contributed by atoms with Gasteiger partial charge in [0.05, 0.1) is 15.8 Å². The molecule has 0 atom stereocenters. The number of nitrogens with zero attached hydrogens (tertiary/aromatic N) is 2. The number of aromatic nitrogens is 1. The van der Waals surface area contributed by atoms with E-state index in [-0.39, 0.29) is 5.63 Å². The summed E-state index contributed by atoms with van der Waals surface area (Å²) in [5, 5.41) is 3.87. The normalized spacial score (nSPS) is 11.6. The highest BCUT2D eigenvalue weighted by Crippen LogP contribution is 2.34. The lowest BCUT2D eigenvalue weighted by atomic mass is 10.1. The van der Waals surface area contributed by atoms with Crippen molar-refractivity contribution in [2.24, 2.45) is 0 Å². The Morgan fingerprint density at radius 2 is 1.77 bits per heavy atom. The Hall–Kier alpha value is -3.18. The summed E-state index contributed by atoms with van der Waals surface area (Å²) in [6.07, 6.45) is 0. The second-order valence-corrected chi connectivity index (χ2v) is 8.53. The zero-order valence-corrected chi connectivity index (χ0v) is 18.0. The predicted molar refractivity (Wildman–Crippen MR) is 127 cm³/mol. The van der Waals surface area contributed by atoms with Crippen LogP contribution in [0, 0.1) is 6.92 Å². The minimum atomic E-state index is -0.349. The Morgan fingerprint density at radius 1 is 0.967 bits per heavy atom. The molecule has 2 aromatic heterocycles. The van der Waals surface area contributed by atoms with Gasteiger partial charge in [-0.3, -0.25) is 0 Å². The second kappa shape index (κ2) is 7.26. The summed E-state index contributed by atoms with van der Waals surface area (Å²) in [5.41, 5.74) is 3.98. The van der Waals surface area contributed by atoms with Crippen LogP contribution in [-0.2, 0) is 0 Å². The Bertz CT molecular complexity index is 1460. The van der Waals surface area contributed by atoms with Gasteiger partial charge >= 0.3 is 5.63 Å². The third-order valence-corrected chi connectivity index (χ3v) is 6.66. The fourth-order valence-corrected chi connectivity index (χ4v) is 4.97. The van der Waals surface area contributed by atoms with Crippen molar-refractivity contribution in [3.63, 3.8) is 0 Å². The average Bonchev–Trinajstić information content (AvgIpc) is 3.18. The van der Waals surface area contributed by atoms with Crippen LogP contribution in [-0.4, -0.2) is 18.1 Å². The summed E-state index contributed by atoms with van der Waals surface area (Å²) >= 11 is 1.53. The zero-order valence-electron chi connectivity index (χ0n) is 17.2. The molecule has 5 rings (SSSR count). The largest absolute Gasteiger partial charge is 0.422 e. The first-order valence-electron chi connectivity index (χ1n) is 10.2. The Labute approximate surface area is 178 Å². The maximum Gasteiger partial charge on any atom is 0.346 e. The molecule has 2 heterocycles. The van der Waals surface area contributed by atoms with Crippen molar-refractivity contribution in [2.45, 2.75) is 20.8 Å². The number of hydrogen-bond donors (Lipinski definition) is 0. The van der Waals surface area contributed by atoms with Crippen molar-refractivity contribution >= 4 is 49.0 Å². The van der Waals surface area contributed by atoms with Gasteiger partial charge in [0.1, 0.15) is 10.6 Å². The van der Waals surface area contributed by atoms with E-state index in [4.69, 9.17) is 9.40 Å². The molecule has 0 aliphatic heterocycles. The number of aryl methyl sites for hydroxylation is 1. The van der Waals surface area contributed by atoms with E-state index in [2.05, 4.69) is 62.1 Å². The van der Waals surface area contributed by atoms with Crippen molar-refractivity contribution in [3.05, 3.63) is 70.6 Å². The van der Waals surface area contributed by atoms with E-state index in [9.17, 15) is 4.79 Å². The molecule has 0 saturated heterocycles. The van der Waals surface area contributed by atoms with E-state index in [1.807, 2.05) is 18.2 Å². The van der Waals surface area contributed by atoms with Gasteiger partial charge in [-0.1, -0.05) is 29.8 Å². The van der Waals surface area contributed by atoms with E-state index in [1.165, 1.54) is 16.9 Å². The highest BCUT2D eigenvalue weighted by Gasteiger charge is 2.15. The molecule has 0 unspecified atom stereocenters. The van der Waals surface area contributed by atoms with Crippen LogP contribution in [0.1, 0.15) is 19.4 Å². The molecule has 0 N–H and O–H groups in total. The Kier molecular flexibility index (Phi) is 4.55. The van der Waals surface area contributed by atoms with Crippen LogP contribution < -0.4 is 10.5 Å². The Morgan fingerprint density at radius 3 is 2.57 bits per heavy atom. The number of hydrogen-bond acceptors (Lipinski definition) is 5. The minimum Gasteiger partial charge on any atom is -0.422 e. The molecule has 0 aliphatic carbocycles. The lowest BCUT2D eigenvalue weighted by Gasteiger charge is -2.20. The van der Waals surface area contributed by atoms with Crippen LogP contribution >= 0.6 is 11.3 Å². The number of thiazole rings is 1. The van der Waals surface area contributed by atoms with Crippen molar-refractivity contribution in [1.29, 1.82) is 0 Å². The van der Waals surface area contributed by atoms with Crippen molar-refractivity contribution < 1.29 is 4.42 Å². The molecule has 0 spiro atoms. The minimum absolute atomic E-state index is 0.349. The first-order valence-corrected chi connectivity index (χ1v) is 11.0. The maximum absolute atomic E-state index is 12.8. The van der Waals surface area contributed by atoms with E-state index in [0.29, 0.717) is 16.2 Å². The quantitative estimate of drug-likeness (QED) is 0.320. The molecule has 0 amide bonds. The zero-order chi connectivity index (χ0) is 20.8. The maximum atomic E-state index is 12.8. The lowest BCUT2D eigenvalue weighted by Crippen LogP contribution is -2.21. The molecule has 4 nitrogen and oxygen atoms in total. The smallest absolute Gasteiger partial charge is 0.346 e. The first-order chi connectivity index (χ1) is 14.6. The van der Waals surface area contributed by atoms with Gasteiger partial charge in [0.15, 0.2) is 0 Å². The molecule has 0 aliphatic rings. The van der Waals surface area contributed by atoms with E-state index in [1.54, 1.807) is 0 Å². The highest BCUT2D eigenvalue weighted by molar-refractivity contribution is 7.21. The molecule has 5 aromatic rings. The summed E-state index contributed by atoms with van der Waals surface area (Å²) in [6.45, 7) is 8.13. The number of anilines is 1.